The highest BCUT2D eigenvalue weighted by Gasteiger charge is 2.31. The van der Waals surface area contributed by atoms with Crippen molar-refractivity contribution in [1.82, 2.24) is 0 Å². The van der Waals surface area contributed by atoms with Crippen LogP contribution in [0.5, 0.6) is 0 Å². The molecule has 0 spiro atoms. The summed E-state index contributed by atoms with van der Waals surface area (Å²) in [6.07, 6.45) is -0.627. The van der Waals surface area contributed by atoms with Gasteiger partial charge in [0.05, 0.1) is 0 Å². The van der Waals surface area contributed by atoms with Crippen molar-refractivity contribution in [2.45, 2.75) is 17.8 Å². The minimum Gasteiger partial charge on any atom is -0.479 e. The van der Waals surface area contributed by atoms with Gasteiger partial charge in [-0.3, -0.25) is 4.57 Å². The molecule has 0 aromatic heterocycles. The summed E-state index contributed by atoms with van der Waals surface area (Å²) in [5.41, 5.74) is 5.10. The third-order valence-electron chi connectivity index (χ3n) is 1.35. The van der Waals surface area contributed by atoms with Crippen LogP contribution in [-0.4, -0.2) is 32.0 Å². The lowest BCUT2D eigenvalue weighted by molar-refractivity contribution is -0.140. The van der Waals surface area contributed by atoms with Crippen molar-refractivity contribution >= 4 is 25.2 Å². The Morgan fingerprint density at radius 1 is 1.54 bits per heavy atom. The Bertz CT molecular complexity index is 237. The van der Waals surface area contributed by atoms with Gasteiger partial charge in [-0.05, 0) is 12.8 Å². The number of carboxylic acids is 1. The van der Waals surface area contributed by atoms with Crippen LogP contribution in [0.4, 0.5) is 0 Å². The Hall–Kier alpha value is -0.130. The molecule has 0 radical (unpaired) electrons. The van der Waals surface area contributed by atoms with Crippen molar-refractivity contribution in [2.75, 3.05) is 6.16 Å². The van der Waals surface area contributed by atoms with Crippen molar-refractivity contribution in [2.24, 2.45) is 5.73 Å². The highest BCUT2D eigenvalue weighted by Crippen LogP contribution is 2.36. The molecule has 0 aliphatic heterocycles. The summed E-state index contributed by atoms with van der Waals surface area (Å²) in [5.74, 6) is -1.40. The van der Waals surface area contributed by atoms with E-state index in [1.807, 2.05) is 0 Å². The summed E-state index contributed by atoms with van der Waals surface area (Å²) in [7, 11) is -4.09. The van der Waals surface area contributed by atoms with Crippen LogP contribution in [0.15, 0.2) is 0 Å². The standard InChI is InChI=1S/C5H11ClNO5P/c6-5(7,4(8)9)2-1-3-13(10,11)12/h1-3,7H2,(H,8,9)(H2,10,11,12). The fourth-order valence-corrected chi connectivity index (χ4v) is 1.35. The first-order valence-electron chi connectivity index (χ1n) is 3.41. The van der Waals surface area contributed by atoms with Crippen LogP contribution in [0.1, 0.15) is 12.8 Å². The Morgan fingerprint density at radius 2 is 2.00 bits per heavy atom. The van der Waals surface area contributed by atoms with Crippen molar-refractivity contribution in [3.05, 3.63) is 0 Å². The minimum absolute atomic E-state index is 0.0312. The summed E-state index contributed by atoms with van der Waals surface area (Å²) in [4.78, 5) is 25.3. The summed E-state index contributed by atoms with van der Waals surface area (Å²) < 4.78 is 10.4. The molecule has 13 heavy (non-hydrogen) atoms. The molecule has 0 rings (SSSR count). The summed E-state index contributed by atoms with van der Waals surface area (Å²) in [5, 5.41) is 8.42. The third-order valence-corrected chi connectivity index (χ3v) is 2.59. The first-order valence-corrected chi connectivity index (χ1v) is 5.58. The highest BCUT2D eigenvalue weighted by molar-refractivity contribution is 7.51. The molecule has 0 heterocycles. The van der Waals surface area contributed by atoms with Gasteiger partial charge in [-0.1, -0.05) is 11.6 Å². The van der Waals surface area contributed by atoms with Gasteiger partial charge in [-0.25, -0.2) is 4.79 Å². The molecule has 0 aromatic rings. The number of rotatable bonds is 5. The van der Waals surface area contributed by atoms with Gasteiger partial charge in [-0.15, -0.1) is 0 Å². The number of nitrogens with two attached hydrogens (primary N) is 1. The largest absolute Gasteiger partial charge is 0.479 e. The van der Waals surface area contributed by atoms with Crippen LogP contribution in [0.25, 0.3) is 0 Å². The first-order chi connectivity index (χ1) is 5.65. The van der Waals surface area contributed by atoms with E-state index in [-0.39, 0.29) is 12.8 Å². The maximum atomic E-state index is 10.4. The molecule has 0 aromatic carbocycles. The predicted molar refractivity (Wildman–Crippen MR) is 46.6 cm³/mol. The normalized spacial score (nSPS) is 16.6. The van der Waals surface area contributed by atoms with Gasteiger partial charge in [0.1, 0.15) is 0 Å². The third kappa shape index (κ3) is 6.01. The molecule has 78 valence electrons. The molecule has 0 aliphatic carbocycles. The lowest BCUT2D eigenvalue weighted by Crippen LogP contribution is -2.42. The van der Waals surface area contributed by atoms with E-state index in [9.17, 15) is 9.36 Å². The van der Waals surface area contributed by atoms with Crippen LogP contribution in [0.2, 0.25) is 0 Å². The average molecular weight is 232 g/mol. The summed E-state index contributed by atoms with van der Waals surface area (Å²) in [6, 6.07) is 0. The number of halogens is 1. The molecule has 1 unspecified atom stereocenters. The molecular weight excluding hydrogens is 220 g/mol. The molecule has 1 atom stereocenters. The highest BCUT2D eigenvalue weighted by atomic mass is 35.5. The molecule has 0 amide bonds. The SMILES string of the molecule is NC(Cl)(CCCP(=O)(O)O)C(=O)O. The van der Waals surface area contributed by atoms with E-state index in [0.717, 1.165) is 0 Å². The molecule has 0 bridgehead atoms. The number of carboxylic acid groups (broad SMARTS) is 1. The van der Waals surface area contributed by atoms with Crippen LogP contribution in [-0.2, 0) is 9.36 Å². The molecule has 0 aliphatic rings. The number of hydrogen-bond donors (Lipinski definition) is 4. The van der Waals surface area contributed by atoms with E-state index in [0.29, 0.717) is 0 Å². The molecule has 0 saturated carbocycles. The molecular formula is C5H11ClNO5P. The minimum atomic E-state index is -4.09. The number of aliphatic carboxylic acids is 1. The number of alkyl halides is 1. The monoisotopic (exact) mass is 231 g/mol. The number of carbonyl (C=O) groups is 1. The summed E-state index contributed by atoms with van der Waals surface area (Å²) >= 11 is 5.33. The number of hydrogen-bond acceptors (Lipinski definition) is 3. The Labute approximate surface area is 79.8 Å². The molecule has 0 saturated heterocycles. The van der Waals surface area contributed by atoms with E-state index in [2.05, 4.69) is 0 Å². The quantitative estimate of drug-likeness (QED) is 0.298. The maximum Gasteiger partial charge on any atom is 0.339 e. The summed E-state index contributed by atoms with van der Waals surface area (Å²) in [6.45, 7) is 0. The van der Waals surface area contributed by atoms with E-state index in [1.165, 1.54) is 0 Å². The lowest BCUT2D eigenvalue weighted by Gasteiger charge is -2.15. The van der Waals surface area contributed by atoms with Gasteiger partial charge in [0.25, 0.3) is 0 Å². The van der Waals surface area contributed by atoms with Crippen LogP contribution < -0.4 is 5.73 Å². The van der Waals surface area contributed by atoms with E-state index in [1.54, 1.807) is 0 Å². The molecule has 8 heteroatoms. The Balaban J connectivity index is 3.91. The zero-order chi connectivity index (χ0) is 10.7. The second kappa shape index (κ2) is 4.39. The van der Waals surface area contributed by atoms with Gasteiger partial charge in [0.15, 0.2) is 5.00 Å². The maximum absolute atomic E-state index is 10.4. The topological polar surface area (TPSA) is 121 Å². The lowest BCUT2D eigenvalue weighted by atomic mass is 10.2. The fourth-order valence-electron chi connectivity index (χ4n) is 0.649. The van der Waals surface area contributed by atoms with E-state index in [4.69, 9.17) is 32.2 Å². The Kier molecular flexibility index (Phi) is 4.35. The van der Waals surface area contributed by atoms with Gasteiger partial charge < -0.3 is 20.6 Å². The van der Waals surface area contributed by atoms with Gasteiger partial charge in [0.2, 0.25) is 0 Å². The predicted octanol–water partition coefficient (Wildman–Crippen LogP) is -0.0773. The molecule has 0 fully saturated rings. The second-order valence-electron chi connectivity index (χ2n) is 2.66. The zero-order valence-electron chi connectivity index (χ0n) is 6.68. The van der Waals surface area contributed by atoms with Crippen molar-refractivity contribution in [1.29, 1.82) is 0 Å². The Morgan fingerprint density at radius 3 is 2.31 bits per heavy atom. The van der Waals surface area contributed by atoms with Gasteiger partial charge >= 0.3 is 13.6 Å². The molecule has 6 nitrogen and oxygen atoms in total. The van der Waals surface area contributed by atoms with Gasteiger partial charge in [-0.2, -0.15) is 0 Å². The fraction of sp³-hybridized carbons (Fsp3) is 0.800. The van der Waals surface area contributed by atoms with Crippen molar-refractivity contribution < 1.29 is 24.3 Å². The van der Waals surface area contributed by atoms with Crippen LogP contribution in [0.3, 0.4) is 0 Å². The van der Waals surface area contributed by atoms with E-state index >= 15 is 0 Å². The van der Waals surface area contributed by atoms with Crippen molar-refractivity contribution in [3.8, 4) is 0 Å². The second-order valence-corrected chi connectivity index (χ2v) is 5.11. The van der Waals surface area contributed by atoms with Crippen LogP contribution >= 0.6 is 19.2 Å². The van der Waals surface area contributed by atoms with E-state index < -0.39 is 24.7 Å². The molecule has 5 N–H and O–H groups in total. The smallest absolute Gasteiger partial charge is 0.339 e. The van der Waals surface area contributed by atoms with Gasteiger partial charge in [0, 0.05) is 6.16 Å². The zero-order valence-corrected chi connectivity index (χ0v) is 8.33. The first kappa shape index (κ1) is 12.9. The van der Waals surface area contributed by atoms with Crippen LogP contribution in [0, 0.1) is 0 Å². The average Bonchev–Trinajstić information content (AvgIpc) is 1.82. The van der Waals surface area contributed by atoms with Crippen molar-refractivity contribution in [3.63, 3.8) is 0 Å².